The SMILES string of the molecule is N#Cc1ccccc1S(=O)(=O)N1CCN(C(=O)c2ccc(=O)n(-c3ccc(F)cc3)n2)CC1. The van der Waals surface area contributed by atoms with Gasteiger partial charge in [0, 0.05) is 32.2 Å². The highest BCUT2D eigenvalue weighted by Gasteiger charge is 2.32. The summed E-state index contributed by atoms with van der Waals surface area (Å²) in [6.07, 6.45) is 0. The van der Waals surface area contributed by atoms with Gasteiger partial charge in [0.05, 0.1) is 16.1 Å². The van der Waals surface area contributed by atoms with E-state index in [0.29, 0.717) is 5.69 Å². The molecule has 1 aliphatic rings. The van der Waals surface area contributed by atoms with Crippen LogP contribution >= 0.6 is 0 Å². The molecule has 3 aromatic rings. The normalized spacial score (nSPS) is 14.6. The number of aromatic nitrogens is 2. The van der Waals surface area contributed by atoms with Crippen molar-refractivity contribution in [1.29, 1.82) is 5.26 Å². The van der Waals surface area contributed by atoms with Crippen LogP contribution in [0.15, 0.2) is 70.4 Å². The lowest BCUT2D eigenvalue weighted by Crippen LogP contribution is -2.50. The van der Waals surface area contributed by atoms with Gasteiger partial charge in [-0.1, -0.05) is 12.1 Å². The summed E-state index contributed by atoms with van der Waals surface area (Å²) in [5.41, 5.74) is -0.110. The van der Waals surface area contributed by atoms with Crippen LogP contribution in [0.3, 0.4) is 0 Å². The van der Waals surface area contributed by atoms with Gasteiger partial charge in [-0.2, -0.15) is 19.3 Å². The fourth-order valence-electron chi connectivity index (χ4n) is 3.51. The largest absolute Gasteiger partial charge is 0.335 e. The Morgan fingerprint density at radius 1 is 0.970 bits per heavy atom. The lowest BCUT2D eigenvalue weighted by atomic mass is 10.2. The molecule has 0 radical (unpaired) electrons. The molecule has 2 heterocycles. The highest BCUT2D eigenvalue weighted by molar-refractivity contribution is 7.89. The van der Waals surface area contributed by atoms with Gasteiger partial charge in [-0.05, 0) is 42.5 Å². The smallest absolute Gasteiger partial charge is 0.274 e. The first-order valence-electron chi connectivity index (χ1n) is 9.96. The minimum absolute atomic E-state index is 0.00468. The summed E-state index contributed by atoms with van der Waals surface area (Å²) in [7, 11) is -3.89. The van der Waals surface area contributed by atoms with Crippen molar-refractivity contribution in [3.8, 4) is 11.8 Å². The van der Waals surface area contributed by atoms with E-state index in [1.54, 1.807) is 12.1 Å². The number of piperazine rings is 1. The van der Waals surface area contributed by atoms with E-state index in [-0.39, 0.29) is 42.3 Å². The molecule has 1 aromatic heterocycles. The summed E-state index contributed by atoms with van der Waals surface area (Å²) < 4.78 is 41.4. The summed E-state index contributed by atoms with van der Waals surface area (Å²) in [5, 5.41) is 13.3. The fourth-order valence-corrected chi connectivity index (χ4v) is 5.07. The van der Waals surface area contributed by atoms with E-state index in [4.69, 9.17) is 0 Å². The van der Waals surface area contributed by atoms with E-state index in [1.165, 1.54) is 57.7 Å². The molecular formula is C22H18FN5O4S. The van der Waals surface area contributed by atoms with Crippen molar-refractivity contribution in [3.05, 3.63) is 88.1 Å². The van der Waals surface area contributed by atoms with Crippen LogP contribution in [0, 0.1) is 17.1 Å². The van der Waals surface area contributed by atoms with Crippen LogP contribution in [0.25, 0.3) is 5.69 Å². The summed E-state index contributed by atoms with van der Waals surface area (Å²) in [4.78, 5) is 26.5. The van der Waals surface area contributed by atoms with Crippen molar-refractivity contribution in [3.63, 3.8) is 0 Å². The molecule has 9 nitrogen and oxygen atoms in total. The first-order valence-corrected chi connectivity index (χ1v) is 11.4. The number of hydrogen-bond donors (Lipinski definition) is 0. The highest BCUT2D eigenvalue weighted by Crippen LogP contribution is 2.21. The van der Waals surface area contributed by atoms with Gasteiger partial charge in [0.1, 0.15) is 17.6 Å². The molecule has 4 rings (SSSR count). The van der Waals surface area contributed by atoms with Crippen LogP contribution in [0.1, 0.15) is 16.1 Å². The zero-order valence-corrected chi connectivity index (χ0v) is 18.1. The molecule has 0 bridgehead atoms. The summed E-state index contributed by atoms with van der Waals surface area (Å²) in [6, 6.07) is 15.5. The number of carbonyl (C=O) groups is 1. The van der Waals surface area contributed by atoms with Crippen LogP contribution in [0.5, 0.6) is 0 Å². The molecule has 0 atom stereocenters. The Hall–Kier alpha value is -3.88. The standard InChI is InChI=1S/C22H18FN5O4S/c23-17-5-7-18(8-6-17)28-21(29)10-9-19(25-28)22(30)26-11-13-27(14-12-26)33(31,32)20-4-2-1-3-16(20)15-24/h1-10H,11-14H2. The quantitative estimate of drug-likeness (QED) is 0.573. The maximum Gasteiger partial charge on any atom is 0.274 e. The van der Waals surface area contributed by atoms with Gasteiger partial charge in [0.25, 0.3) is 11.5 Å². The molecule has 33 heavy (non-hydrogen) atoms. The molecule has 0 saturated carbocycles. The van der Waals surface area contributed by atoms with Gasteiger partial charge in [-0.3, -0.25) is 9.59 Å². The van der Waals surface area contributed by atoms with Gasteiger partial charge >= 0.3 is 0 Å². The number of benzene rings is 2. The van der Waals surface area contributed by atoms with Gasteiger partial charge in [-0.25, -0.2) is 12.8 Å². The molecule has 1 fully saturated rings. The Bertz CT molecular complexity index is 1410. The van der Waals surface area contributed by atoms with Crippen LogP contribution in [0.4, 0.5) is 4.39 Å². The Morgan fingerprint density at radius 2 is 1.64 bits per heavy atom. The van der Waals surface area contributed by atoms with Crippen LogP contribution in [-0.4, -0.2) is 59.5 Å². The molecule has 0 aliphatic carbocycles. The molecule has 1 saturated heterocycles. The van der Waals surface area contributed by atoms with Gasteiger partial charge < -0.3 is 4.90 Å². The number of nitriles is 1. The number of carbonyl (C=O) groups excluding carboxylic acids is 1. The Balaban J connectivity index is 1.51. The monoisotopic (exact) mass is 467 g/mol. The number of hydrogen-bond acceptors (Lipinski definition) is 6. The van der Waals surface area contributed by atoms with Crippen LogP contribution < -0.4 is 5.56 Å². The van der Waals surface area contributed by atoms with Crippen LogP contribution in [-0.2, 0) is 10.0 Å². The second-order valence-electron chi connectivity index (χ2n) is 7.25. The lowest BCUT2D eigenvalue weighted by molar-refractivity contribution is 0.0690. The molecule has 0 N–H and O–H groups in total. The van der Waals surface area contributed by atoms with Crippen LogP contribution in [0.2, 0.25) is 0 Å². The average Bonchev–Trinajstić information content (AvgIpc) is 2.84. The van der Waals surface area contributed by atoms with Crippen molar-refractivity contribution < 1.29 is 17.6 Å². The van der Waals surface area contributed by atoms with E-state index >= 15 is 0 Å². The second kappa shape index (κ2) is 8.93. The number of amides is 1. The third-order valence-electron chi connectivity index (χ3n) is 5.24. The minimum Gasteiger partial charge on any atom is -0.335 e. The number of halogens is 1. The lowest BCUT2D eigenvalue weighted by Gasteiger charge is -2.34. The fraction of sp³-hybridized carbons (Fsp3) is 0.182. The second-order valence-corrected chi connectivity index (χ2v) is 9.16. The van der Waals surface area contributed by atoms with Crippen molar-refractivity contribution >= 4 is 15.9 Å². The highest BCUT2D eigenvalue weighted by atomic mass is 32.2. The maximum absolute atomic E-state index is 13.2. The Kier molecular flexibility index (Phi) is 6.04. The number of nitrogens with zero attached hydrogens (tertiary/aromatic N) is 5. The maximum atomic E-state index is 13.2. The molecule has 0 unspecified atom stereocenters. The van der Waals surface area contributed by atoms with Gasteiger partial charge in [0.15, 0.2) is 0 Å². The van der Waals surface area contributed by atoms with Crippen molar-refractivity contribution in [2.75, 3.05) is 26.2 Å². The average molecular weight is 467 g/mol. The summed E-state index contributed by atoms with van der Waals surface area (Å²) in [5.74, 6) is -0.926. The minimum atomic E-state index is -3.89. The molecule has 2 aromatic carbocycles. The van der Waals surface area contributed by atoms with Crippen molar-refractivity contribution in [2.45, 2.75) is 4.90 Å². The molecule has 1 amide bonds. The third-order valence-corrected chi connectivity index (χ3v) is 7.20. The first kappa shape index (κ1) is 22.3. The van der Waals surface area contributed by atoms with E-state index < -0.39 is 27.3 Å². The zero-order chi connectivity index (χ0) is 23.6. The van der Waals surface area contributed by atoms with Gasteiger partial charge in [0.2, 0.25) is 10.0 Å². The van der Waals surface area contributed by atoms with E-state index in [0.717, 1.165) is 4.68 Å². The Morgan fingerprint density at radius 3 is 2.30 bits per heavy atom. The van der Waals surface area contributed by atoms with Gasteiger partial charge in [-0.15, -0.1) is 0 Å². The Labute approximate surface area is 189 Å². The molecular weight excluding hydrogens is 449 g/mol. The molecule has 11 heteroatoms. The number of sulfonamides is 1. The first-order chi connectivity index (χ1) is 15.8. The molecule has 0 spiro atoms. The molecule has 1 aliphatic heterocycles. The summed E-state index contributed by atoms with van der Waals surface area (Å²) >= 11 is 0. The predicted molar refractivity (Wildman–Crippen MR) is 116 cm³/mol. The topological polar surface area (TPSA) is 116 Å². The number of rotatable bonds is 4. The molecule has 168 valence electrons. The van der Waals surface area contributed by atoms with E-state index in [1.807, 2.05) is 6.07 Å². The third kappa shape index (κ3) is 4.39. The van der Waals surface area contributed by atoms with E-state index in [9.17, 15) is 27.7 Å². The summed E-state index contributed by atoms with van der Waals surface area (Å²) in [6.45, 7) is 0.325. The van der Waals surface area contributed by atoms with Crippen molar-refractivity contribution in [1.82, 2.24) is 19.0 Å². The van der Waals surface area contributed by atoms with E-state index in [2.05, 4.69) is 5.10 Å². The zero-order valence-electron chi connectivity index (χ0n) is 17.3. The predicted octanol–water partition coefficient (Wildman–Crippen LogP) is 1.39. The van der Waals surface area contributed by atoms with Crippen molar-refractivity contribution in [2.24, 2.45) is 0 Å².